The Morgan fingerprint density at radius 2 is 2.05 bits per heavy atom. The number of benzene rings is 1. The van der Waals surface area contributed by atoms with Crippen LogP contribution in [-0.4, -0.2) is 33.9 Å². The van der Waals surface area contributed by atoms with Gasteiger partial charge in [-0.05, 0) is 18.6 Å². The first kappa shape index (κ1) is 13.1. The van der Waals surface area contributed by atoms with Gasteiger partial charge in [-0.3, -0.25) is 14.7 Å². The van der Waals surface area contributed by atoms with Gasteiger partial charge in [-0.2, -0.15) is 0 Å². The van der Waals surface area contributed by atoms with Crippen molar-refractivity contribution in [2.45, 2.75) is 6.42 Å². The number of hydrogen-bond acceptors (Lipinski definition) is 3. The van der Waals surface area contributed by atoms with Crippen LogP contribution in [0.5, 0.6) is 0 Å². The normalized spacial score (nSPS) is 10.4. The lowest BCUT2D eigenvalue weighted by Gasteiger charge is -2.01. The minimum atomic E-state index is -0.440. The molecule has 0 saturated carbocycles. The van der Waals surface area contributed by atoms with Crippen molar-refractivity contribution in [2.75, 3.05) is 13.2 Å². The molecular formula is C13H15N3O3. The van der Waals surface area contributed by atoms with Gasteiger partial charge in [-0.25, -0.2) is 4.68 Å². The molecule has 0 aliphatic rings. The molecule has 1 aromatic heterocycles. The average molecular weight is 261 g/mol. The summed E-state index contributed by atoms with van der Waals surface area (Å²) in [7, 11) is 0. The van der Waals surface area contributed by atoms with Crippen LogP contribution >= 0.6 is 0 Å². The maximum absolute atomic E-state index is 12.1. The smallest absolute Gasteiger partial charge is 0.284 e. The number of carbonyl (C=O) groups excluding carboxylic acids is 1. The van der Waals surface area contributed by atoms with E-state index in [-0.39, 0.29) is 12.2 Å². The summed E-state index contributed by atoms with van der Waals surface area (Å²) in [5.41, 5.74) is 0.330. The van der Waals surface area contributed by atoms with Gasteiger partial charge >= 0.3 is 0 Å². The topological polar surface area (TPSA) is 87.1 Å². The second-order valence-corrected chi connectivity index (χ2v) is 4.00. The zero-order valence-corrected chi connectivity index (χ0v) is 10.3. The molecule has 0 fully saturated rings. The molecule has 3 N–H and O–H groups in total. The van der Waals surface area contributed by atoms with Crippen molar-refractivity contribution in [1.82, 2.24) is 15.1 Å². The number of nitrogens with zero attached hydrogens (tertiary/aromatic N) is 1. The lowest BCUT2D eigenvalue weighted by Crippen LogP contribution is -2.30. The predicted octanol–water partition coefficient (Wildman–Crippen LogP) is 0.278. The fourth-order valence-corrected chi connectivity index (χ4v) is 1.68. The zero-order valence-electron chi connectivity index (χ0n) is 10.3. The number of carbonyl (C=O) groups is 1. The third kappa shape index (κ3) is 2.92. The van der Waals surface area contributed by atoms with Crippen molar-refractivity contribution in [3.05, 3.63) is 52.4 Å². The highest BCUT2D eigenvalue weighted by atomic mass is 16.3. The first-order valence-electron chi connectivity index (χ1n) is 5.99. The Labute approximate surface area is 109 Å². The number of aliphatic hydroxyl groups excluding tert-OH is 1. The van der Waals surface area contributed by atoms with Crippen LogP contribution in [0, 0.1) is 0 Å². The fourth-order valence-electron chi connectivity index (χ4n) is 1.68. The molecule has 2 rings (SSSR count). The van der Waals surface area contributed by atoms with Gasteiger partial charge in [0, 0.05) is 19.3 Å². The number of nitrogens with one attached hydrogen (secondary N) is 2. The lowest BCUT2D eigenvalue weighted by molar-refractivity contribution is 0.0950. The van der Waals surface area contributed by atoms with Crippen LogP contribution in [0.25, 0.3) is 5.69 Å². The van der Waals surface area contributed by atoms with E-state index in [0.717, 1.165) is 0 Å². The van der Waals surface area contributed by atoms with Crippen molar-refractivity contribution in [3.63, 3.8) is 0 Å². The molecule has 6 nitrogen and oxygen atoms in total. The van der Waals surface area contributed by atoms with Crippen molar-refractivity contribution >= 4 is 5.91 Å². The third-order valence-corrected chi connectivity index (χ3v) is 2.65. The largest absolute Gasteiger partial charge is 0.396 e. The van der Waals surface area contributed by atoms with Gasteiger partial charge < -0.3 is 10.4 Å². The molecule has 0 bridgehead atoms. The van der Waals surface area contributed by atoms with Crippen molar-refractivity contribution in [2.24, 2.45) is 0 Å². The van der Waals surface area contributed by atoms with Crippen molar-refractivity contribution < 1.29 is 9.90 Å². The fraction of sp³-hybridized carbons (Fsp3) is 0.231. The van der Waals surface area contributed by atoms with Gasteiger partial charge in [0.1, 0.15) is 5.56 Å². The van der Waals surface area contributed by atoms with Crippen LogP contribution in [-0.2, 0) is 0 Å². The Kier molecular flexibility index (Phi) is 4.15. The van der Waals surface area contributed by atoms with Crippen LogP contribution < -0.4 is 10.9 Å². The molecule has 100 valence electrons. The first-order valence-corrected chi connectivity index (χ1v) is 5.99. The molecule has 0 unspecified atom stereocenters. The maximum atomic E-state index is 12.1. The summed E-state index contributed by atoms with van der Waals surface area (Å²) in [6, 6.07) is 9.00. The molecule has 1 aromatic carbocycles. The Morgan fingerprint density at radius 1 is 1.32 bits per heavy atom. The van der Waals surface area contributed by atoms with Crippen LogP contribution in [0.3, 0.4) is 0 Å². The van der Waals surface area contributed by atoms with Gasteiger partial charge in [0.2, 0.25) is 0 Å². The Morgan fingerprint density at radius 3 is 2.74 bits per heavy atom. The SMILES string of the molecule is O=C(NCCCO)c1c[nH]n(-c2ccccc2)c1=O. The number of aromatic nitrogens is 2. The van der Waals surface area contributed by atoms with E-state index in [4.69, 9.17) is 5.11 Å². The summed E-state index contributed by atoms with van der Waals surface area (Å²) >= 11 is 0. The summed E-state index contributed by atoms with van der Waals surface area (Å²) in [5.74, 6) is -0.440. The van der Waals surface area contributed by atoms with Gasteiger partial charge in [0.25, 0.3) is 11.5 Å². The average Bonchev–Trinajstić information content (AvgIpc) is 2.82. The second kappa shape index (κ2) is 6.01. The minimum absolute atomic E-state index is 0.00165. The molecular weight excluding hydrogens is 246 g/mol. The number of aliphatic hydroxyl groups is 1. The Hall–Kier alpha value is -2.34. The van der Waals surface area contributed by atoms with E-state index < -0.39 is 11.5 Å². The predicted molar refractivity (Wildman–Crippen MR) is 70.4 cm³/mol. The molecule has 0 aliphatic carbocycles. The highest BCUT2D eigenvalue weighted by Gasteiger charge is 2.14. The van der Waals surface area contributed by atoms with Gasteiger partial charge in [0.05, 0.1) is 5.69 Å². The zero-order chi connectivity index (χ0) is 13.7. The van der Waals surface area contributed by atoms with Crippen molar-refractivity contribution in [1.29, 1.82) is 0 Å². The second-order valence-electron chi connectivity index (χ2n) is 4.00. The Bertz CT molecular complexity index is 601. The van der Waals surface area contributed by atoms with Gasteiger partial charge in [-0.1, -0.05) is 18.2 Å². The van der Waals surface area contributed by atoms with Gasteiger partial charge in [-0.15, -0.1) is 0 Å². The maximum Gasteiger partial charge on any atom is 0.284 e. The number of para-hydroxylation sites is 1. The number of aromatic amines is 1. The van der Waals surface area contributed by atoms with E-state index in [1.165, 1.54) is 10.9 Å². The minimum Gasteiger partial charge on any atom is -0.396 e. The molecule has 19 heavy (non-hydrogen) atoms. The molecule has 6 heteroatoms. The molecule has 0 atom stereocenters. The van der Waals surface area contributed by atoms with Crippen molar-refractivity contribution in [3.8, 4) is 5.69 Å². The van der Waals surface area contributed by atoms with Gasteiger partial charge in [0.15, 0.2) is 0 Å². The molecule has 0 spiro atoms. The summed E-state index contributed by atoms with van der Waals surface area (Å²) in [4.78, 5) is 23.8. The standard InChI is InChI=1S/C13H15N3O3/c17-8-4-7-14-12(18)11-9-15-16(13(11)19)10-5-2-1-3-6-10/h1-3,5-6,9,15,17H,4,7-8H2,(H,14,18). The summed E-state index contributed by atoms with van der Waals surface area (Å²) < 4.78 is 1.31. The van der Waals surface area contributed by atoms with Crippen LogP contribution in [0.2, 0.25) is 0 Å². The Balaban J connectivity index is 2.19. The van der Waals surface area contributed by atoms with E-state index in [2.05, 4.69) is 10.4 Å². The van der Waals surface area contributed by atoms with Crippen LogP contribution in [0.15, 0.2) is 41.3 Å². The van der Waals surface area contributed by atoms with Crippen LogP contribution in [0.1, 0.15) is 16.8 Å². The summed E-state index contributed by atoms with van der Waals surface area (Å²) in [6.07, 6.45) is 1.84. The number of hydrogen-bond donors (Lipinski definition) is 3. The molecule has 1 heterocycles. The number of rotatable bonds is 5. The number of amides is 1. The van der Waals surface area contributed by atoms with Crippen LogP contribution in [0.4, 0.5) is 0 Å². The highest BCUT2D eigenvalue weighted by molar-refractivity contribution is 5.93. The first-order chi connectivity index (χ1) is 9.24. The number of H-pyrrole nitrogens is 1. The lowest BCUT2D eigenvalue weighted by atomic mass is 10.3. The molecule has 0 saturated heterocycles. The molecule has 2 aromatic rings. The molecule has 0 radical (unpaired) electrons. The third-order valence-electron chi connectivity index (χ3n) is 2.65. The quantitative estimate of drug-likeness (QED) is 0.675. The van der Waals surface area contributed by atoms with E-state index in [9.17, 15) is 9.59 Å². The van der Waals surface area contributed by atoms with E-state index in [1.807, 2.05) is 18.2 Å². The molecule has 1 amide bonds. The molecule has 0 aliphatic heterocycles. The highest BCUT2D eigenvalue weighted by Crippen LogP contribution is 2.03. The summed E-state index contributed by atoms with van der Waals surface area (Å²) in [5, 5.41) is 14.0. The monoisotopic (exact) mass is 261 g/mol. The van der Waals surface area contributed by atoms with E-state index in [0.29, 0.717) is 18.7 Å². The summed E-state index contributed by atoms with van der Waals surface area (Å²) in [6.45, 7) is 0.340. The van der Waals surface area contributed by atoms with E-state index >= 15 is 0 Å². The van der Waals surface area contributed by atoms with E-state index in [1.54, 1.807) is 12.1 Å².